The summed E-state index contributed by atoms with van der Waals surface area (Å²) in [5.74, 6) is 0.00126. The van der Waals surface area contributed by atoms with Crippen LogP contribution in [0.3, 0.4) is 0 Å². The van der Waals surface area contributed by atoms with Gasteiger partial charge < -0.3 is 5.11 Å². The van der Waals surface area contributed by atoms with Crippen molar-refractivity contribution in [2.75, 3.05) is 0 Å². The Morgan fingerprint density at radius 1 is 1.00 bits per heavy atom. The van der Waals surface area contributed by atoms with E-state index in [1.165, 1.54) is 0 Å². The Kier molecular flexibility index (Phi) is 3.39. The van der Waals surface area contributed by atoms with E-state index in [9.17, 15) is 9.90 Å². The summed E-state index contributed by atoms with van der Waals surface area (Å²) in [6, 6.07) is 13.9. The molecule has 3 aromatic rings. The van der Waals surface area contributed by atoms with Crippen LogP contribution in [-0.2, 0) is 0 Å². The zero-order valence-corrected chi connectivity index (χ0v) is 11.0. The highest BCUT2D eigenvalue weighted by Crippen LogP contribution is 2.34. The number of hydrogen-bond donors (Lipinski definition) is 1. The minimum Gasteiger partial charge on any atom is -0.504 e. The lowest BCUT2D eigenvalue weighted by atomic mass is 10.2. The zero-order valence-electron chi connectivity index (χ0n) is 11.0. The number of fused-ring (bicyclic) bond motifs is 1. The topological polar surface area (TPSA) is 74.9 Å². The first-order valence-electron chi connectivity index (χ1n) is 6.31. The number of hydrogen-bond acceptors (Lipinski definition) is 5. The van der Waals surface area contributed by atoms with Crippen LogP contribution in [0.15, 0.2) is 65.0 Å². The third kappa shape index (κ3) is 2.62. The number of phenolic OH excluding ortho intramolecular Hbond substituents is 1. The molecule has 0 aliphatic heterocycles. The molecule has 0 spiro atoms. The van der Waals surface area contributed by atoms with Crippen LogP contribution in [0.4, 0.5) is 11.4 Å². The number of nitrogens with zero attached hydrogens (tertiary/aromatic N) is 3. The lowest BCUT2D eigenvalue weighted by Gasteiger charge is -2.02. The zero-order chi connectivity index (χ0) is 14.7. The average Bonchev–Trinajstić information content (AvgIpc) is 2.55. The van der Waals surface area contributed by atoms with Crippen molar-refractivity contribution in [2.45, 2.75) is 0 Å². The van der Waals surface area contributed by atoms with Crippen LogP contribution in [0.1, 0.15) is 10.4 Å². The summed E-state index contributed by atoms with van der Waals surface area (Å²) in [6.07, 6.45) is 2.38. The molecule has 0 saturated carbocycles. The molecule has 2 aromatic carbocycles. The molecule has 1 heterocycles. The molecule has 0 atom stereocenters. The lowest BCUT2D eigenvalue weighted by molar-refractivity contribution is 0.112. The van der Waals surface area contributed by atoms with Crippen molar-refractivity contribution >= 4 is 28.6 Å². The molecule has 102 valence electrons. The number of aromatic hydroxyl groups is 1. The Hall–Kier alpha value is -3.08. The molecule has 0 fully saturated rings. The molecule has 5 nitrogen and oxygen atoms in total. The first kappa shape index (κ1) is 12.9. The number of carbonyl (C=O) groups is 1. The normalized spacial score (nSPS) is 11.0. The van der Waals surface area contributed by atoms with Crippen molar-refractivity contribution in [2.24, 2.45) is 10.2 Å². The molecule has 3 rings (SSSR count). The van der Waals surface area contributed by atoms with E-state index in [4.69, 9.17) is 0 Å². The largest absolute Gasteiger partial charge is 0.504 e. The van der Waals surface area contributed by atoms with E-state index in [0.717, 1.165) is 11.7 Å². The van der Waals surface area contributed by atoms with Crippen LogP contribution in [-0.4, -0.2) is 16.4 Å². The van der Waals surface area contributed by atoms with Crippen molar-refractivity contribution in [1.82, 2.24) is 4.98 Å². The van der Waals surface area contributed by atoms with Gasteiger partial charge in [-0.2, -0.15) is 5.11 Å². The van der Waals surface area contributed by atoms with Gasteiger partial charge in [0, 0.05) is 17.1 Å². The molecule has 0 bridgehead atoms. The molecule has 0 aliphatic rings. The number of benzene rings is 2. The van der Waals surface area contributed by atoms with Gasteiger partial charge in [-0.05, 0) is 36.4 Å². The van der Waals surface area contributed by atoms with Gasteiger partial charge in [0.15, 0.2) is 5.75 Å². The van der Waals surface area contributed by atoms with Crippen LogP contribution in [0, 0.1) is 0 Å². The Labute approximate surface area is 120 Å². The van der Waals surface area contributed by atoms with E-state index in [0.29, 0.717) is 22.5 Å². The summed E-state index contributed by atoms with van der Waals surface area (Å²) in [5, 5.41) is 19.1. The van der Waals surface area contributed by atoms with Gasteiger partial charge in [-0.3, -0.25) is 9.78 Å². The number of pyridine rings is 1. The third-order valence-corrected chi connectivity index (χ3v) is 3.03. The minimum atomic E-state index is 0.00126. The van der Waals surface area contributed by atoms with E-state index in [1.54, 1.807) is 42.6 Å². The van der Waals surface area contributed by atoms with Crippen molar-refractivity contribution in [1.29, 1.82) is 0 Å². The second-order valence-electron chi connectivity index (χ2n) is 4.42. The van der Waals surface area contributed by atoms with Crippen LogP contribution in [0.25, 0.3) is 10.9 Å². The van der Waals surface area contributed by atoms with Crippen LogP contribution >= 0.6 is 0 Å². The van der Waals surface area contributed by atoms with E-state index in [1.807, 2.05) is 12.1 Å². The first-order chi connectivity index (χ1) is 10.3. The summed E-state index contributed by atoms with van der Waals surface area (Å²) < 4.78 is 0. The van der Waals surface area contributed by atoms with Crippen molar-refractivity contribution in [3.63, 3.8) is 0 Å². The highest BCUT2D eigenvalue weighted by Gasteiger charge is 2.06. The second kappa shape index (κ2) is 5.50. The Balaban J connectivity index is 1.95. The van der Waals surface area contributed by atoms with Crippen LogP contribution in [0.2, 0.25) is 0 Å². The fourth-order valence-corrected chi connectivity index (χ4v) is 1.93. The average molecular weight is 277 g/mol. The number of carbonyl (C=O) groups excluding carboxylic acids is 1. The maximum atomic E-state index is 10.6. The van der Waals surface area contributed by atoms with Crippen molar-refractivity contribution in [3.8, 4) is 5.75 Å². The Morgan fingerprint density at radius 2 is 1.81 bits per heavy atom. The van der Waals surface area contributed by atoms with Gasteiger partial charge in [-0.15, -0.1) is 5.11 Å². The number of aldehydes is 1. The standard InChI is InChI=1S/C16H11N3O2/c20-10-11-3-6-13(7-4-11)18-19-14-8-5-12-2-1-9-17-15(12)16(14)21/h1-10,21H. The maximum Gasteiger partial charge on any atom is 0.169 e. The molecule has 0 unspecified atom stereocenters. The van der Waals surface area contributed by atoms with Gasteiger partial charge >= 0.3 is 0 Å². The van der Waals surface area contributed by atoms with Crippen molar-refractivity contribution in [3.05, 3.63) is 60.3 Å². The van der Waals surface area contributed by atoms with E-state index < -0.39 is 0 Å². The summed E-state index contributed by atoms with van der Waals surface area (Å²) in [7, 11) is 0. The number of rotatable bonds is 3. The highest BCUT2D eigenvalue weighted by molar-refractivity contribution is 5.88. The second-order valence-corrected chi connectivity index (χ2v) is 4.42. The van der Waals surface area contributed by atoms with E-state index in [-0.39, 0.29) is 5.75 Å². The molecule has 1 aromatic heterocycles. The number of phenols is 1. The van der Waals surface area contributed by atoms with Crippen LogP contribution < -0.4 is 0 Å². The number of azo groups is 1. The summed E-state index contributed by atoms with van der Waals surface area (Å²) in [5.41, 5.74) is 2.01. The quantitative estimate of drug-likeness (QED) is 0.576. The monoisotopic (exact) mass is 277 g/mol. The molecular weight excluding hydrogens is 266 g/mol. The van der Waals surface area contributed by atoms with Gasteiger partial charge in [-0.1, -0.05) is 12.1 Å². The van der Waals surface area contributed by atoms with Gasteiger partial charge in [-0.25, -0.2) is 0 Å². The fourth-order valence-electron chi connectivity index (χ4n) is 1.93. The molecule has 21 heavy (non-hydrogen) atoms. The van der Waals surface area contributed by atoms with Gasteiger partial charge in [0.2, 0.25) is 0 Å². The molecule has 0 saturated heterocycles. The van der Waals surface area contributed by atoms with Crippen molar-refractivity contribution < 1.29 is 9.90 Å². The van der Waals surface area contributed by atoms with Gasteiger partial charge in [0.25, 0.3) is 0 Å². The van der Waals surface area contributed by atoms with E-state index >= 15 is 0 Å². The molecule has 0 amide bonds. The van der Waals surface area contributed by atoms with E-state index in [2.05, 4.69) is 15.2 Å². The summed E-state index contributed by atoms with van der Waals surface area (Å²) in [4.78, 5) is 14.7. The maximum absolute atomic E-state index is 10.6. The summed E-state index contributed by atoms with van der Waals surface area (Å²) in [6.45, 7) is 0. The predicted octanol–water partition coefficient (Wildman–Crippen LogP) is 4.17. The summed E-state index contributed by atoms with van der Waals surface area (Å²) >= 11 is 0. The fraction of sp³-hybridized carbons (Fsp3) is 0. The smallest absolute Gasteiger partial charge is 0.169 e. The Bertz CT molecular complexity index is 827. The molecule has 0 radical (unpaired) electrons. The van der Waals surface area contributed by atoms with Gasteiger partial charge in [0.1, 0.15) is 17.5 Å². The molecule has 1 N–H and O–H groups in total. The SMILES string of the molecule is O=Cc1ccc(N=Nc2ccc3cccnc3c2O)cc1. The van der Waals surface area contributed by atoms with Gasteiger partial charge in [0.05, 0.1) is 5.69 Å². The molecule has 5 heteroatoms. The third-order valence-electron chi connectivity index (χ3n) is 3.03. The predicted molar refractivity (Wildman–Crippen MR) is 79.4 cm³/mol. The van der Waals surface area contributed by atoms with Crippen LogP contribution in [0.5, 0.6) is 5.75 Å². The highest BCUT2D eigenvalue weighted by atomic mass is 16.3. The number of aromatic nitrogens is 1. The molecular formula is C16H11N3O2. The minimum absolute atomic E-state index is 0.00126. The lowest BCUT2D eigenvalue weighted by Crippen LogP contribution is -1.79. The Morgan fingerprint density at radius 3 is 2.57 bits per heavy atom. The first-order valence-corrected chi connectivity index (χ1v) is 6.31. The molecule has 0 aliphatic carbocycles.